The number of hydrogen-bond donors (Lipinski definition) is 1. The Morgan fingerprint density at radius 1 is 1.57 bits per heavy atom. The Morgan fingerprint density at radius 3 is 2.86 bits per heavy atom. The average Bonchev–Trinajstić information content (AvgIpc) is 2.51. The summed E-state index contributed by atoms with van der Waals surface area (Å²) in [6.07, 6.45) is 2.35. The van der Waals surface area contributed by atoms with Crippen LogP contribution in [0.2, 0.25) is 0 Å². The van der Waals surface area contributed by atoms with E-state index in [1.807, 2.05) is 4.90 Å². The van der Waals surface area contributed by atoms with Crippen LogP contribution in [0, 0.1) is 0 Å². The second kappa shape index (κ2) is 4.28. The van der Waals surface area contributed by atoms with Crippen LogP contribution in [0.1, 0.15) is 12.8 Å². The molecule has 0 radical (unpaired) electrons. The highest BCUT2D eigenvalue weighted by molar-refractivity contribution is 5.78. The number of nitrogens with one attached hydrogen (secondary N) is 1. The lowest BCUT2D eigenvalue weighted by Crippen LogP contribution is -2.48. The molecule has 2 heterocycles. The fraction of sp³-hybridized carbons (Fsp3) is 0.900. The first kappa shape index (κ1) is 9.93. The molecule has 0 aromatic carbocycles. The highest BCUT2D eigenvalue weighted by Crippen LogP contribution is 2.09. The minimum atomic E-state index is 0.297. The molecule has 0 spiro atoms. The van der Waals surface area contributed by atoms with Crippen LogP contribution in [-0.2, 0) is 4.79 Å². The zero-order valence-electron chi connectivity index (χ0n) is 8.83. The lowest BCUT2D eigenvalue weighted by atomic mass is 10.2. The molecule has 1 unspecified atom stereocenters. The van der Waals surface area contributed by atoms with Gasteiger partial charge >= 0.3 is 0 Å². The van der Waals surface area contributed by atoms with Crippen LogP contribution in [0.3, 0.4) is 0 Å². The van der Waals surface area contributed by atoms with E-state index in [4.69, 9.17) is 0 Å². The maximum atomic E-state index is 11.7. The number of likely N-dealkylation sites (tertiary alicyclic amines) is 1. The molecule has 2 aliphatic rings. The van der Waals surface area contributed by atoms with E-state index < -0.39 is 0 Å². The Bertz CT molecular complexity index is 209. The number of rotatable bonds is 3. The average molecular weight is 197 g/mol. The van der Waals surface area contributed by atoms with Crippen LogP contribution in [0.5, 0.6) is 0 Å². The lowest BCUT2D eigenvalue weighted by Gasteiger charge is -2.33. The lowest BCUT2D eigenvalue weighted by molar-refractivity contribution is -0.135. The normalized spacial score (nSPS) is 26.7. The summed E-state index contributed by atoms with van der Waals surface area (Å²) in [7, 11) is 2.05. The third-order valence-corrected chi connectivity index (χ3v) is 3.25. The Morgan fingerprint density at radius 2 is 2.36 bits per heavy atom. The Balaban J connectivity index is 1.74. The zero-order valence-corrected chi connectivity index (χ0v) is 8.83. The van der Waals surface area contributed by atoms with Gasteiger partial charge in [0.25, 0.3) is 0 Å². The first-order valence-corrected chi connectivity index (χ1v) is 5.46. The van der Waals surface area contributed by atoms with Gasteiger partial charge in [-0.25, -0.2) is 0 Å². The first-order valence-electron chi connectivity index (χ1n) is 5.46. The molecule has 4 nitrogen and oxygen atoms in total. The van der Waals surface area contributed by atoms with Crippen LogP contribution < -0.4 is 5.32 Å². The monoisotopic (exact) mass is 197 g/mol. The van der Waals surface area contributed by atoms with Crippen LogP contribution in [0.4, 0.5) is 0 Å². The third kappa shape index (κ3) is 2.07. The van der Waals surface area contributed by atoms with Crippen LogP contribution in [0.25, 0.3) is 0 Å². The Labute approximate surface area is 85.2 Å². The predicted molar refractivity (Wildman–Crippen MR) is 55.1 cm³/mol. The second-order valence-corrected chi connectivity index (χ2v) is 4.30. The van der Waals surface area contributed by atoms with Crippen molar-refractivity contribution in [2.24, 2.45) is 0 Å². The first-order chi connectivity index (χ1) is 6.77. The maximum Gasteiger partial charge on any atom is 0.236 e. The number of carbonyl (C=O) groups excluding carboxylic acids is 1. The molecule has 2 saturated heterocycles. The van der Waals surface area contributed by atoms with Gasteiger partial charge in [-0.05, 0) is 26.4 Å². The van der Waals surface area contributed by atoms with Gasteiger partial charge in [0.1, 0.15) is 0 Å². The molecule has 1 amide bonds. The molecule has 0 saturated carbocycles. The number of hydrogen-bond acceptors (Lipinski definition) is 3. The van der Waals surface area contributed by atoms with Gasteiger partial charge in [-0.2, -0.15) is 0 Å². The highest BCUT2D eigenvalue weighted by Gasteiger charge is 2.25. The molecule has 1 N–H and O–H groups in total. The number of nitrogens with zero attached hydrogens (tertiary/aromatic N) is 2. The number of likely N-dealkylation sites (N-methyl/N-ethyl adjacent to an activating group) is 1. The van der Waals surface area contributed by atoms with E-state index in [1.54, 1.807) is 0 Å². The second-order valence-electron chi connectivity index (χ2n) is 4.30. The summed E-state index contributed by atoms with van der Waals surface area (Å²) in [5.41, 5.74) is 0. The van der Waals surface area contributed by atoms with Crippen molar-refractivity contribution in [3.63, 3.8) is 0 Å². The smallest absolute Gasteiger partial charge is 0.236 e. The molecule has 4 heteroatoms. The molecule has 2 aliphatic heterocycles. The van der Waals surface area contributed by atoms with Crippen molar-refractivity contribution in [1.29, 1.82) is 0 Å². The van der Waals surface area contributed by atoms with E-state index in [1.165, 1.54) is 12.8 Å². The summed E-state index contributed by atoms with van der Waals surface area (Å²) in [4.78, 5) is 15.8. The SMILES string of the molecule is CN(CC(=O)N1CCC1)C1CCNC1. The minimum absolute atomic E-state index is 0.297. The van der Waals surface area contributed by atoms with E-state index in [0.717, 1.165) is 26.2 Å². The van der Waals surface area contributed by atoms with E-state index >= 15 is 0 Å². The molecule has 0 aliphatic carbocycles. The quantitative estimate of drug-likeness (QED) is 0.663. The molecule has 1 atom stereocenters. The van der Waals surface area contributed by atoms with E-state index in [2.05, 4.69) is 17.3 Å². The van der Waals surface area contributed by atoms with E-state index in [9.17, 15) is 4.79 Å². The Hall–Kier alpha value is -0.610. The van der Waals surface area contributed by atoms with Gasteiger partial charge in [-0.3, -0.25) is 9.69 Å². The fourth-order valence-electron chi connectivity index (χ4n) is 2.02. The van der Waals surface area contributed by atoms with Crippen molar-refractivity contribution >= 4 is 5.91 Å². The molecule has 2 rings (SSSR count). The predicted octanol–water partition coefficient (Wildman–Crippen LogP) is -0.488. The minimum Gasteiger partial charge on any atom is -0.341 e. The molecule has 0 aromatic heterocycles. The zero-order chi connectivity index (χ0) is 9.97. The van der Waals surface area contributed by atoms with Crippen molar-refractivity contribution in [3.05, 3.63) is 0 Å². The molecular formula is C10H19N3O. The topological polar surface area (TPSA) is 35.6 Å². The fourth-order valence-corrected chi connectivity index (χ4v) is 2.02. The van der Waals surface area contributed by atoms with E-state index in [-0.39, 0.29) is 0 Å². The number of amides is 1. The molecule has 14 heavy (non-hydrogen) atoms. The summed E-state index contributed by atoms with van der Waals surface area (Å²) < 4.78 is 0. The maximum absolute atomic E-state index is 11.7. The molecule has 0 aromatic rings. The summed E-state index contributed by atoms with van der Waals surface area (Å²) in [6, 6.07) is 0.556. The van der Waals surface area contributed by atoms with Crippen LogP contribution in [0.15, 0.2) is 0 Å². The molecular weight excluding hydrogens is 178 g/mol. The van der Waals surface area contributed by atoms with Gasteiger partial charge < -0.3 is 10.2 Å². The van der Waals surface area contributed by atoms with Crippen molar-refractivity contribution in [2.45, 2.75) is 18.9 Å². The number of carbonyl (C=O) groups is 1. The van der Waals surface area contributed by atoms with E-state index in [0.29, 0.717) is 18.5 Å². The van der Waals surface area contributed by atoms with Crippen LogP contribution in [-0.4, -0.2) is 61.5 Å². The highest BCUT2D eigenvalue weighted by atomic mass is 16.2. The van der Waals surface area contributed by atoms with Gasteiger partial charge in [-0.1, -0.05) is 0 Å². The molecule has 80 valence electrons. The van der Waals surface area contributed by atoms with Gasteiger partial charge in [-0.15, -0.1) is 0 Å². The summed E-state index contributed by atoms with van der Waals surface area (Å²) in [6.45, 7) is 4.65. The summed E-state index contributed by atoms with van der Waals surface area (Å²) in [5.74, 6) is 0.297. The summed E-state index contributed by atoms with van der Waals surface area (Å²) >= 11 is 0. The van der Waals surface area contributed by atoms with Gasteiger partial charge in [0.05, 0.1) is 6.54 Å². The van der Waals surface area contributed by atoms with Crippen molar-refractivity contribution < 1.29 is 4.79 Å². The van der Waals surface area contributed by atoms with Crippen LogP contribution >= 0.6 is 0 Å². The standard InChI is InChI=1S/C10H19N3O/c1-12(9-3-4-11-7-9)8-10(14)13-5-2-6-13/h9,11H,2-8H2,1H3. The van der Waals surface area contributed by atoms with Gasteiger partial charge in [0, 0.05) is 25.7 Å². The molecule has 0 bridgehead atoms. The van der Waals surface area contributed by atoms with Crippen molar-refractivity contribution in [2.75, 3.05) is 39.8 Å². The van der Waals surface area contributed by atoms with Gasteiger partial charge in [0.2, 0.25) is 5.91 Å². The molecule has 2 fully saturated rings. The summed E-state index contributed by atoms with van der Waals surface area (Å²) in [5, 5.41) is 3.32. The van der Waals surface area contributed by atoms with Crippen molar-refractivity contribution in [1.82, 2.24) is 15.1 Å². The Kier molecular flexibility index (Phi) is 3.03. The van der Waals surface area contributed by atoms with Crippen molar-refractivity contribution in [3.8, 4) is 0 Å². The third-order valence-electron chi connectivity index (χ3n) is 3.25. The largest absolute Gasteiger partial charge is 0.341 e. The van der Waals surface area contributed by atoms with Gasteiger partial charge in [0.15, 0.2) is 0 Å².